The van der Waals surface area contributed by atoms with E-state index in [9.17, 15) is 23.3 Å². The fraction of sp³-hybridized carbons (Fsp3) is 0.0769. The molecule has 1 aromatic heterocycles. The molecule has 0 unspecified atom stereocenters. The molecule has 0 atom stereocenters. The van der Waals surface area contributed by atoms with Gasteiger partial charge in [0.1, 0.15) is 5.69 Å². The third-order valence-electron chi connectivity index (χ3n) is 2.63. The van der Waals surface area contributed by atoms with E-state index in [2.05, 4.69) is 15.5 Å². The minimum atomic E-state index is -4.65. The zero-order valence-electron chi connectivity index (χ0n) is 10.9. The highest BCUT2D eigenvalue weighted by molar-refractivity contribution is 5.80. The van der Waals surface area contributed by atoms with Crippen LogP contribution in [0.3, 0.4) is 0 Å². The van der Waals surface area contributed by atoms with Crippen LogP contribution in [0.15, 0.2) is 47.8 Å². The van der Waals surface area contributed by atoms with E-state index in [0.29, 0.717) is 11.6 Å². The van der Waals surface area contributed by atoms with E-state index in [1.165, 1.54) is 18.6 Å². The third kappa shape index (κ3) is 3.78. The summed E-state index contributed by atoms with van der Waals surface area (Å²) in [6, 6.07) is 5.46. The van der Waals surface area contributed by atoms with Gasteiger partial charge in [-0.15, -0.1) is 0 Å². The maximum atomic E-state index is 12.6. The van der Waals surface area contributed by atoms with Crippen LogP contribution in [0.2, 0.25) is 0 Å². The number of nitrogens with one attached hydrogen (secondary N) is 1. The van der Waals surface area contributed by atoms with E-state index >= 15 is 0 Å². The normalized spacial score (nSPS) is 11.6. The second-order valence-corrected chi connectivity index (χ2v) is 4.14. The summed E-state index contributed by atoms with van der Waals surface area (Å²) in [6.45, 7) is 0. The number of aromatic nitrogens is 1. The SMILES string of the molecule is O=[N+]([O-])c1cc(C(F)(F)F)ccc1N/N=C\c1ccncc1. The number of pyridine rings is 1. The van der Waals surface area contributed by atoms with E-state index in [1.807, 2.05) is 0 Å². The molecule has 22 heavy (non-hydrogen) atoms. The predicted octanol–water partition coefficient (Wildman–Crippen LogP) is 3.45. The van der Waals surface area contributed by atoms with E-state index in [-0.39, 0.29) is 5.69 Å². The first-order valence-electron chi connectivity index (χ1n) is 5.92. The zero-order valence-corrected chi connectivity index (χ0v) is 10.9. The molecule has 0 saturated carbocycles. The van der Waals surface area contributed by atoms with Gasteiger partial charge in [-0.05, 0) is 29.8 Å². The largest absolute Gasteiger partial charge is 0.416 e. The molecule has 1 N–H and O–H groups in total. The number of alkyl halides is 3. The average molecular weight is 310 g/mol. The first kappa shape index (κ1) is 15.4. The highest BCUT2D eigenvalue weighted by Gasteiger charge is 2.33. The molecule has 0 amide bonds. The first-order valence-corrected chi connectivity index (χ1v) is 5.92. The molecule has 9 heteroatoms. The molecule has 1 heterocycles. The minimum absolute atomic E-state index is 0.136. The Morgan fingerprint density at radius 1 is 1.23 bits per heavy atom. The number of hydrogen-bond acceptors (Lipinski definition) is 5. The lowest BCUT2D eigenvalue weighted by molar-refractivity contribution is -0.384. The number of nitrogens with zero attached hydrogens (tertiary/aromatic N) is 3. The van der Waals surface area contributed by atoms with E-state index in [1.54, 1.807) is 12.1 Å². The number of benzene rings is 1. The third-order valence-corrected chi connectivity index (χ3v) is 2.63. The van der Waals surface area contributed by atoms with E-state index < -0.39 is 22.4 Å². The molecule has 0 aliphatic carbocycles. The van der Waals surface area contributed by atoms with E-state index in [0.717, 1.165) is 12.1 Å². The Morgan fingerprint density at radius 3 is 2.50 bits per heavy atom. The van der Waals surface area contributed by atoms with Crippen molar-refractivity contribution in [2.45, 2.75) is 6.18 Å². The lowest BCUT2D eigenvalue weighted by Crippen LogP contribution is -2.06. The molecule has 114 valence electrons. The van der Waals surface area contributed by atoms with Crippen molar-refractivity contribution in [3.05, 3.63) is 64.0 Å². The fourth-order valence-corrected chi connectivity index (χ4v) is 1.58. The molecule has 6 nitrogen and oxygen atoms in total. The number of nitro groups is 1. The summed E-state index contributed by atoms with van der Waals surface area (Å²) in [5.41, 5.74) is 1.10. The Morgan fingerprint density at radius 2 is 1.91 bits per heavy atom. The Kier molecular flexibility index (Phi) is 4.35. The Balaban J connectivity index is 2.24. The number of nitro benzene ring substituents is 1. The van der Waals surface area contributed by atoms with Gasteiger partial charge in [0.05, 0.1) is 16.7 Å². The molecule has 0 saturated heterocycles. The van der Waals surface area contributed by atoms with Gasteiger partial charge >= 0.3 is 6.18 Å². The molecule has 0 radical (unpaired) electrons. The van der Waals surface area contributed by atoms with Crippen molar-refractivity contribution in [3.63, 3.8) is 0 Å². The Hall–Kier alpha value is -2.97. The minimum Gasteiger partial charge on any atom is -0.272 e. The second kappa shape index (κ2) is 6.20. The summed E-state index contributed by atoms with van der Waals surface area (Å²) >= 11 is 0. The molecule has 2 rings (SSSR count). The van der Waals surface area contributed by atoms with Crippen molar-refractivity contribution >= 4 is 17.6 Å². The van der Waals surface area contributed by atoms with E-state index in [4.69, 9.17) is 0 Å². The van der Waals surface area contributed by atoms with Crippen molar-refractivity contribution in [3.8, 4) is 0 Å². The fourth-order valence-electron chi connectivity index (χ4n) is 1.58. The Labute approximate surface area is 122 Å². The van der Waals surface area contributed by atoms with Crippen molar-refractivity contribution in [2.24, 2.45) is 5.10 Å². The van der Waals surface area contributed by atoms with Crippen LogP contribution in [-0.2, 0) is 6.18 Å². The van der Waals surface area contributed by atoms with Gasteiger partial charge in [-0.2, -0.15) is 18.3 Å². The van der Waals surface area contributed by atoms with Crippen LogP contribution < -0.4 is 5.43 Å². The zero-order chi connectivity index (χ0) is 16.2. The van der Waals surface area contributed by atoms with Crippen LogP contribution in [-0.4, -0.2) is 16.1 Å². The lowest BCUT2D eigenvalue weighted by atomic mass is 10.1. The molecular formula is C13H9F3N4O2. The molecular weight excluding hydrogens is 301 g/mol. The van der Waals surface area contributed by atoms with Crippen LogP contribution in [0, 0.1) is 10.1 Å². The highest BCUT2D eigenvalue weighted by atomic mass is 19.4. The molecule has 0 bridgehead atoms. The average Bonchev–Trinajstić information content (AvgIpc) is 2.47. The maximum Gasteiger partial charge on any atom is 0.416 e. The molecule has 0 spiro atoms. The smallest absolute Gasteiger partial charge is 0.272 e. The van der Waals surface area contributed by atoms with Crippen molar-refractivity contribution < 1.29 is 18.1 Å². The number of hydrazone groups is 1. The standard InChI is InChI=1S/C13H9F3N4O2/c14-13(15,16)10-1-2-11(12(7-10)20(21)22)19-18-8-9-3-5-17-6-4-9/h1-8,19H/b18-8-. The monoisotopic (exact) mass is 310 g/mol. The summed E-state index contributed by atoms with van der Waals surface area (Å²) in [6.07, 6.45) is -0.226. The van der Waals surface area contributed by atoms with Crippen LogP contribution in [0.5, 0.6) is 0 Å². The van der Waals surface area contributed by atoms with Gasteiger partial charge in [0.2, 0.25) is 0 Å². The highest BCUT2D eigenvalue weighted by Crippen LogP contribution is 2.34. The maximum absolute atomic E-state index is 12.6. The van der Waals surface area contributed by atoms with Crippen LogP contribution in [0.1, 0.15) is 11.1 Å². The van der Waals surface area contributed by atoms with Crippen molar-refractivity contribution in [1.82, 2.24) is 4.98 Å². The van der Waals surface area contributed by atoms with Gasteiger partial charge in [-0.3, -0.25) is 20.5 Å². The first-order chi connectivity index (χ1) is 10.4. The summed E-state index contributed by atoms with van der Waals surface area (Å²) < 4.78 is 37.7. The second-order valence-electron chi connectivity index (χ2n) is 4.14. The molecule has 0 aliphatic rings. The summed E-state index contributed by atoms with van der Waals surface area (Å²) in [5, 5.41) is 14.6. The van der Waals surface area contributed by atoms with Crippen molar-refractivity contribution in [1.29, 1.82) is 0 Å². The topological polar surface area (TPSA) is 80.4 Å². The number of anilines is 1. The quantitative estimate of drug-likeness (QED) is 0.533. The number of hydrogen-bond donors (Lipinski definition) is 1. The molecule has 1 aromatic carbocycles. The van der Waals surface area contributed by atoms with Gasteiger partial charge < -0.3 is 0 Å². The molecule has 0 aliphatic heterocycles. The van der Waals surface area contributed by atoms with Crippen molar-refractivity contribution in [2.75, 3.05) is 5.43 Å². The van der Waals surface area contributed by atoms with Gasteiger partial charge in [0.15, 0.2) is 0 Å². The number of rotatable bonds is 4. The Bertz CT molecular complexity index is 702. The van der Waals surface area contributed by atoms with Gasteiger partial charge in [0, 0.05) is 18.5 Å². The summed E-state index contributed by atoms with van der Waals surface area (Å²) in [5.74, 6) is 0. The van der Waals surface area contributed by atoms with Crippen LogP contribution in [0.4, 0.5) is 24.5 Å². The predicted molar refractivity (Wildman–Crippen MR) is 73.6 cm³/mol. The molecule has 0 fully saturated rings. The lowest BCUT2D eigenvalue weighted by Gasteiger charge is -2.08. The van der Waals surface area contributed by atoms with Crippen LogP contribution in [0.25, 0.3) is 0 Å². The van der Waals surface area contributed by atoms with Gasteiger partial charge in [-0.1, -0.05) is 0 Å². The van der Waals surface area contributed by atoms with Gasteiger partial charge in [0.25, 0.3) is 5.69 Å². The summed E-state index contributed by atoms with van der Waals surface area (Å²) in [4.78, 5) is 13.8. The van der Waals surface area contributed by atoms with Gasteiger partial charge in [-0.25, -0.2) is 0 Å². The molecule has 2 aromatic rings. The number of halogens is 3. The van der Waals surface area contributed by atoms with Crippen LogP contribution >= 0.6 is 0 Å². The summed E-state index contributed by atoms with van der Waals surface area (Å²) in [7, 11) is 0.